The van der Waals surface area contributed by atoms with Crippen LogP contribution in [0.2, 0.25) is 0 Å². The highest BCUT2D eigenvalue weighted by Crippen LogP contribution is 2.64. The predicted molar refractivity (Wildman–Crippen MR) is 190 cm³/mol. The molecule has 7 atom stereocenters. The average Bonchev–Trinajstić information content (AvgIpc) is 3.08. The van der Waals surface area contributed by atoms with Crippen molar-refractivity contribution >= 4 is 40.5 Å². The predicted octanol–water partition coefficient (Wildman–Crippen LogP) is 0.973. The number of esters is 2. The van der Waals surface area contributed by atoms with Gasteiger partial charge in [-0.25, -0.2) is 4.79 Å². The van der Waals surface area contributed by atoms with Crippen molar-refractivity contribution in [2.24, 2.45) is 34.6 Å². The van der Waals surface area contributed by atoms with Gasteiger partial charge in [0, 0.05) is 34.8 Å². The van der Waals surface area contributed by atoms with E-state index in [2.05, 4.69) is 16.0 Å². The van der Waals surface area contributed by atoms with E-state index in [0.717, 1.165) is 19.3 Å². The Morgan fingerprint density at radius 2 is 1.53 bits per heavy atom. The van der Waals surface area contributed by atoms with E-state index in [0.29, 0.717) is 35.8 Å². The molecule has 2 aromatic rings. The third kappa shape index (κ3) is 9.03. The highest BCUT2D eigenvalue weighted by molar-refractivity contribution is 7.84. The van der Waals surface area contributed by atoms with Gasteiger partial charge in [0.25, 0.3) is 0 Å². The molecule has 51 heavy (non-hydrogen) atoms. The number of ether oxygens (including phenoxy) is 1. The Hall–Kier alpha value is -4.14. The molecule has 6 rings (SSSR count). The molecule has 0 aromatic heterocycles. The van der Waals surface area contributed by atoms with Crippen molar-refractivity contribution in [3.8, 4) is 5.75 Å². The van der Waals surface area contributed by atoms with Gasteiger partial charge in [0.2, 0.25) is 17.7 Å². The summed E-state index contributed by atoms with van der Waals surface area (Å²) >= 11 is 0. The number of hydrogen-bond acceptors (Lipinski definition) is 10. The van der Waals surface area contributed by atoms with Crippen molar-refractivity contribution in [1.82, 2.24) is 16.0 Å². The summed E-state index contributed by atoms with van der Waals surface area (Å²) in [5.74, 6) is -2.53. The molecule has 0 heterocycles. The molecule has 0 spiro atoms. The van der Waals surface area contributed by atoms with Crippen LogP contribution in [0, 0.1) is 23.2 Å². The lowest BCUT2D eigenvalue weighted by atomic mass is 9.42. The number of carbonyl (C=O) groups is 5. The zero-order chi connectivity index (χ0) is 36.9. The quantitative estimate of drug-likeness (QED) is 0.113. The first-order chi connectivity index (χ1) is 24.2. The topological polar surface area (TPSA) is 220 Å². The molecule has 4 fully saturated rings. The normalized spacial score (nSPS) is 27.0. The van der Waals surface area contributed by atoms with Gasteiger partial charge >= 0.3 is 11.9 Å². The minimum absolute atomic E-state index is 0.0175. The monoisotopic (exact) mass is 723 g/mol. The summed E-state index contributed by atoms with van der Waals surface area (Å²) in [6, 6.07) is 11.7. The van der Waals surface area contributed by atoms with Crippen LogP contribution in [0.1, 0.15) is 56.6 Å². The third-order valence-corrected chi connectivity index (χ3v) is 11.8. The van der Waals surface area contributed by atoms with Crippen molar-refractivity contribution in [2.75, 3.05) is 18.6 Å². The van der Waals surface area contributed by atoms with Gasteiger partial charge in [0.05, 0.1) is 18.0 Å². The minimum atomic E-state index is -1.27. The second-order valence-corrected chi connectivity index (χ2v) is 16.3. The van der Waals surface area contributed by atoms with Crippen LogP contribution in [0.15, 0.2) is 54.6 Å². The van der Waals surface area contributed by atoms with Gasteiger partial charge in [-0.05, 0) is 92.9 Å². The summed E-state index contributed by atoms with van der Waals surface area (Å²) in [6.45, 7) is 1.34. The zero-order valence-electron chi connectivity index (χ0n) is 29.1. The zero-order valence-corrected chi connectivity index (χ0v) is 29.9. The molecular formula is C37H49N5O8S. The number of phenolic OH excluding ortho intramolecular Hbond substituents is 1. The van der Waals surface area contributed by atoms with Crippen molar-refractivity contribution < 1.29 is 38.0 Å². The van der Waals surface area contributed by atoms with Crippen molar-refractivity contribution in [2.45, 2.75) is 82.0 Å². The molecule has 4 unspecified atom stereocenters. The van der Waals surface area contributed by atoms with E-state index in [-0.39, 0.29) is 36.7 Å². The van der Waals surface area contributed by atoms with Crippen LogP contribution < -0.4 is 27.4 Å². The summed E-state index contributed by atoms with van der Waals surface area (Å²) in [6.07, 6.45) is 5.80. The minimum Gasteiger partial charge on any atom is -0.508 e. The molecule has 4 aliphatic carbocycles. The summed E-state index contributed by atoms with van der Waals surface area (Å²) in [5.41, 5.74) is 12.6. The lowest BCUT2D eigenvalue weighted by Crippen LogP contribution is -2.70. The fourth-order valence-electron chi connectivity index (χ4n) is 8.32. The molecule has 8 N–H and O–H groups in total. The molecule has 13 nitrogen and oxygen atoms in total. The van der Waals surface area contributed by atoms with Crippen molar-refractivity contribution in [3.05, 3.63) is 65.7 Å². The second-order valence-electron chi connectivity index (χ2n) is 14.7. The van der Waals surface area contributed by atoms with Crippen molar-refractivity contribution in [3.63, 3.8) is 0 Å². The Morgan fingerprint density at radius 3 is 2.16 bits per heavy atom. The average molecular weight is 724 g/mol. The van der Waals surface area contributed by atoms with Crippen LogP contribution in [0.4, 0.5) is 0 Å². The number of aromatic hydroxyl groups is 1. The largest absolute Gasteiger partial charge is 0.508 e. The lowest BCUT2D eigenvalue weighted by molar-refractivity contribution is -0.191. The standard InChI is InChI=1S/C37H49N5O8S/c1-36(39)26-15-24-14-25(16-26)20-37(36,19-24)35(48)50-34(47)30(18-22-6-4-3-5-7-22)41-31(44)21-40-33(46)29(12-13-51(2)49)42-32(45)28(38)17-23-8-10-27(43)11-9-23/h3-11,24-26,28-30,43H,12-21,38-39H2,1-2H3,(H,40,46)(H,41,44)(H,42,45)/t24?,25?,26?,28-,29+,30-,36?,37?,51?/m0/s1. The maximum absolute atomic E-state index is 13.8. The Labute approximate surface area is 300 Å². The van der Waals surface area contributed by atoms with E-state index in [1.807, 2.05) is 13.0 Å². The summed E-state index contributed by atoms with van der Waals surface area (Å²) in [4.78, 5) is 66.8. The number of rotatable bonds is 15. The molecule has 4 aliphatic rings. The fourth-order valence-corrected chi connectivity index (χ4v) is 8.89. The number of amides is 3. The first kappa shape index (κ1) is 38.1. The Kier molecular flexibility index (Phi) is 12.0. The van der Waals surface area contributed by atoms with Crippen LogP contribution in [0.5, 0.6) is 5.75 Å². The van der Waals surface area contributed by atoms with Crippen LogP contribution in [-0.2, 0) is 52.4 Å². The third-order valence-electron chi connectivity index (χ3n) is 11.0. The van der Waals surface area contributed by atoms with E-state index < -0.39 is 76.1 Å². The lowest BCUT2D eigenvalue weighted by Gasteiger charge is -2.63. The summed E-state index contributed by atoms with van der Waals surface area (Å²) < 4.78 is 17.4. The number of carbonyl (C=O) groups excluding carboxylic acids is 5. The molecule has 14 heteroatoms. The van der Waals surface area contributed by atoms with E-state index in [4.69, 9.17) is 16.2 Å². The first-order valence-electron chi connectivity index (χ1n) is 17.5. The number of benzene rings is 2. The molecular weight excluding hydrogens is 675 g/mol. The summed E-state index contributed by atoms with van der Waals surface area (Å²) in [7, 11) is -1.27. The Balaban J connectivity index is 1.21. The molecule has 4 saturated carbocycles. The van der Waals surface area contributed by atoms with Gasteiger partial charge in [0.15, 0.2) is 0 Å². The van der Waals surface area contributed by atoms with E-state index in [1.165, 1.54) is 18.4 Å². The molecule has 0 radical (unpaired) electrons. The number of phenols is 1. The van der Waals surface area contributed by atoms with Gasteiger partial charge in [0.1, 0.15) is 17.8 Å². The van der Waals surface area contributed by atoms with E-state index >= 15 is 0 Å². The smallest absolute Gasteiger partial charge is 0.336 e. The van der Waals surface area contributed by atoms with E-state index in [9.17, 15) is 33.3 Å². The van der Waals surface area contributed by atoms with Crippen LogP contribution in [-0.4, -0.2) is 81.2 Å². The van der Waals surface area contributed by atoms with Crippen LogP contribution in [0.3, 0.4) is 0 Å². The molecule has 276 valence electrons. The van der Waals surface area contributed by atoms with Crippen molar-refractivity contribution in [1.29, 1.82) is 0 Å². The Morgan fingerprint density at radius 1 is 0.902 bits per heavy atom. The number of hydrogen-bond donors (Lipinski definition) is 6. The highest BCUT2D eigenvalue weighted by atomic mass is 32.2. The van der Waals surface area contributed by atoms with Gasteiger partial charge in [-0.2, -0.15) is 0 Å². The fraction of sp³-hybridized carbons (Fsp3) is 0.541. The summed E-state index contributed by atoms with van der Waals surface area (Å²) in [5, 5.41) is 17.2. The molecule has 0 aliphatic heterocycles. The van der Waals surface area contributed by atoms with E-state index in [1.54, 1.807) is 36.4 Å². The van der Waals surface area contributed by atoms with Crippen LogP contribution >= 0.6 is 0 Å². The number of nitrogens with two attached hydrogens (primary N) is 2. The van der Waals surface area contributed by atoms with Gasteiger partial charge in [-0.3, -0.25) is 23.4 Å². The van der Waals surface area contributed by atoms with Gasteiger partial charge in [-0.1, -0.05) is 42.5 Å². The Bertz CT molecular complexity index is 1620. The molecule has 3 amide bonds. The highest BCUT2D eigenvalue weighted by Gasteiger charge is 2.66. The molecule has 0 saturated heterocycles. The molecule has 4 bridgehead atoms. The maximum atomic E-state index is 13.8. The van der Waals surface area contributed by atoms with Gasteiger partial charge in [-0.15, -0.1) is 0 Å². The second kappa shape index (κ2) is 16.0. The molecule has 2 aromatic carbocycles. The number of nitrogens with one attached hydrogen (secondary N) is 3. The SMILES string of the molecule is CS(=O)CC[C@@H](NC(=O)[C@@H](N)Cc1ccc(O)cc1)C(=O)NCC(=O)N[C@@H](Cc1ccccc1)C(=O)OC(=O)C12CC3CC(CC(C3)C1(C)N)C2. The first-order valence-corrected chi connectivity index (χ1v) is 19.2. The maximum Gasteiger partial charge on any atom is 0.336 e. The van der Waals surface area contributed by atoms with Crippen LogP contribution in [0.25, 0.3) is 0 Å². The van der Waals surface area contributed by atoms with Gasteiger partial charge < -0.3 is 37.3 Å².